The van der Waals surface area contributed by atoms with Crippen molar-refractivity contribution in [1.29, 1.82) is 0 Å². The van der Waals surface area contributed by atoms with Crippen molar-refractivity contribution in [3.63, 3.8) is 0 Å². The molecule has 10 heteroatoms. The Hall–Kier alpha value is -2.26. The van der Waals surface area contributed by atoms with Crippen LogP contribution in [0, 0.1) is 0 Å². The molecule has 0 aliphatic heterocycles. The number of carbonyl (C=O) groups excluding carboxylic acids is 1. The van der Waals surface area contributed by atoms with Crippen molar-refractivity contribution in [3.05, 3.63) is 40.9 Å². The summed E-state index contributed by atoms with van der Waals surface area (Å²) in [5.41, 5.74) is 1.03. The van der Waals surface area contributed by atoms with Crippen LogP contribution in [0.15, 0.2) is 30.3 Å². The van der Waals surface area contributed by atoms with Gasteiger partial charge in [-0.2, -0.15) is 0 Å². The number of nitrogens with zero attached hydrogens (tertiary/aromatic N) is 3. The number of benzene rings is 2. The second-order valence-corrected chi connectivity index (χ2v) is 8.16. The van der Waals surface area contributed by atoms with Crippen molar-refractivity contribution in [1.82, 2.24) is 9.88 Å². The van der Waals surface area contributed by atoms with Crippen LogP contribution < -0.4 is 19.1 Å². The Morgan fingerprint density at radius 2 is 1.61 bits per heavy atom. The number of anilines is 1. The van der Waals surface area contributed by atoms with E-state index in [9.17, 15) is 4.79 Å². The molecule has 0 unspecified atom stereocenters. The first-order valence-corrected chi connectivity index (χ1v) is 10.4. The van der Waals surface area contributed by atoms with Crippen molar-refractivity contribution < 1.29 is 19.0 Å². The highest BCUT2D eigenvalue weighted by molar-refractivity contribution is 7.22. The van der Waals surface area contributed by atoms with E-state index in [-0.39, 0.29) is 18.3 Å². The SMILES string of the molecule is COc1ccc(Cl)cc1C(=O)N(CCN(C)C)c1nc2c(OC)ccc(OC)c2s1.Cl. The number of hydrogen-bond acceptors (Lipinski definition) is 7. The molecule has 0 fully saturated rings. The molecule has 0 aliphatic rings. The molecule has 0 N–H and O–H groups in total. The Kier molecular flexibility index (Phi) is 8.76. The van der Waals surface area contributed by atoms with E-state index in [0.29, 0.717) is 51.6 Å². The number of fused-ring (bicyclic) bond motifs is 1. The highest BCUT2D eigenvalue weighted by atomic mass is 35.5. The first kappa shape index (κ1) is 25.0. The summed E-state index contributed by atoms with van der Waals surface area (Å²) in [6, 6.07) is 8.62. The van der Waals surface area contributed by atoms with Crippen LogP contribution in [0.3, 0.4) is 0 Å². The molecular weight excluding hydrogens is 461 g/mol. The monoisotopic (exact) mass is 485 g/mol. The number of halogens is 2. The zero-order valence-corrected chi connectivity index (χ0v) is 20.4. The summed E-state index contributed by atoms with van der Waals surface area (Å²) >= 11 is 7.53. The molecule has 0 aliphatic carbocycles. The van der Waals surface area contributed by atoms with Gasteiger partial charge in [0.1, 0.15) is 27.5 Å². The lowest BCUT2D eigenvalue weighted by Gasteiger charge is -2.23. The molecule has 0 radical (unpaired) electrons. The maximum Gasteiger partial charge on any atom is 0.263 e. The third-order valence-electron chi connectivity index (χ3n) is 4.54. The minimum absolute atomic E-state index is 0. The molecule has 1 amide bonds. The first-order chi connectivity index (χ1) is 14.4. The van der Waals surface area contributed by atoms with Gasteiger partial charge in [-0.05, 0) is 44.4 Å². The number of rotatable bonds is 8. The summed E-state index contributed by atoms with van der Waals surface area (Å²) in [4.78, 5) is 21.9. The molecular formula is C21H25Cl2N3O4S. The summed E-state index contributed by atoms with van der Waals surface area (Å²) in [6.45, 7) is 1.09. The van der Waals surface area contributed by atoms with Gasteiger partial charge in [-0.1, -0.05) is 22.9 Å². The maximum atomic E-state index is 13.5. The number of hydrogen-bond donors (Lipinski definition) is 0. The van der Waals surface area contributed by atoms with Crippen LogP contribution in [0.1, 0.15) is 10.4 Å². The zero-order chi connectivity index (χ0) is 21.8. The van der Waals surface area contributed by atoms with Crippen molar-refractivity contribution in [3.8, 4) is 17.2 Å². The molecule has 0 saturated heterocycles. The molecule has 1 aromatic heterocycles. The number of methoxy groups -OCH3 is 3. The molecule has 0 spiro atoms. The minimum atomic E-state index is -0.242. The molecule has 2 aromatic carbocycles. The Morgan fingerprint density at radius 3 is 2.23 bits per heavy atom. The van der Waals surface area contributed by atoms with E-state index in [1.807, 2.05) is 25.1 Å². The van der Waals surface area contributed by atoms with Crippen molar-refractivity contribution >= 4 is 56.6 Å². The van der Waals surface area contributed by atoms with E-state index in [1.165, 1.54) is 18.4 Å². The van der Waals surface area contributed by atoms with Gasteiger partial charge in [0.2, 0.25) is 0 Å². The predicted molar refractivity (Wildman–Crippen MR) is 128 cm³/mol. The van der Waals surface area contributed by atoms with Crippen LogP contribution in [0.2, 0.25) is 5.02 Å². The number of likely N-dealkylation sites (N-methyl/N-ethyl adjacent to an activating group) is 1. The number of aromatic nitrogens is 1. The average molecular weight is 486 g/mol. The molecule has 31 heavy (non-hydrogen) atoms. The number of amides is 1. The fourth-order valence-corrected chi connectivity index (χ4v) is 4.24. The molecule has 0 saturated carbocycles. The third-order valence-corrected chi connectivity index (χ3v) is 5.87. The lowest BCUT2D eigenvalue weighted by molar-refractivity contribution is 0.0982. The fraction of sp³-hybridized carbons (Fsp3) is 0.333. The molecule has 0 bridgehead atoms. The van der Waals surface area contributed by atoms with Crippen LogP contribution in [0.5, 0.6) is 17.2 Å². The lowest BCUT2D eigenvalue weighted by atomic mass is 10.1. The minimum Gasteiger partial charge on any atom is -0.496 e. The molecule has 0 atom stereocenters. The molecule has 1 heterocycles. The normalized spacial score (nSPS) is 10.7. The summed E-state index contributed by atoms with van der Waals surface area (Å²) in [5.74, 6) is 1.51. The van der Waals surface area contributed by atoms with Crippen LogP contribution >= 0.6 is 35.3 Å². The number of thiazole rings is 1. The fourth-order valence-electron chi connectivity index (χ4n) is 2.97. The van der Waals surface area contributed by atoms with Crippen LogP contribution in [-0.2, 0) is 0 Å². The quantitative estimate of drug-likeness (QED) is 0.464. The summed E-state index contributed by atoms with van der Waals surface area (Å²) in [5, 5.41) is 1.00. The highest BCUT2D eigenvalue weighted by Crippen LogP contribution is 2.40. The largest absolute Gasteiger partial charge is 0.496 e. The molecule has 7 nitrogen and oxygen atoms in total. The molecule has 3 aromatic rings. The van der Waals surface area contributed by atoms with Crippen molar-refractivity contribution in [2.24, 2.45) is 0 Å². The van der Waals surface area contributed by atoms with Crippen LogP contribution in [0.4, 0.5) is 5.13 Å². The lowest BCUT2D eigenvalue weighted by Crippen LogP contribution is -2.37. The second kappa shape index (κ2) is 10.9. The topological polar surface area (TPSA) is 64.1 Å². The van der Waals surface area contributed by atoms with E-state index >= 15 is 0 Å². The summed E-state index contributed by atoms with van der Waals surface area (Å²) < 4.78 is 17.1. The Morgan fingerprint density at radius 1 is 1.00 bits per heavy atom. The van der Waals surface area contributed by atoms with Gasteiger partial charge in [-0.15, -0.1) is 12.4 Å². The van der Waals surface area contributed by atoms with Gasteiger partial charge in [0, 0.05) is 18.1 Å². The number of carbonyl (C=O) groups is 1. The number of ether oxygens (including phenoxy) is 3. The second-order valence-electron chi connectivity index (χ2n) is 6.75. The zero-order valence-electron chi connectivity index (χ0n) is 18.0. The van der Waals surface area contributed by atoms with Gasteiger partial charge in [-0.25, -0.2) is 4.98 Å². The van der Waals surface area contributed by atoms with E-state index in [0.717, 1.165) is 4.70 Å². The van der Waals surface area contributed by atoms with Gasteiger partial charge in [0.15, 0.2) is 5.13 Å². The van der Waals surface area contributed by atoms with E-state index < -0.39 is 0 Å². The average Bonchev–Trinajstić information content (AvgIpc) is 3.17. The molecule has 168 valence electrons. The van der Waals surface area contributed by atoms with Crippen molar-refractivity contribution in [2.45, 2.75) is 0 Å². The van der Waals surface area contributed by atoms with Gasteiger partial charge in [-0.3, -0.25) is 9.69 Å². The standard InChI is InChI=1S/C21H24ClN3O4S.ClH/c1-24(2)10-11-25(20(26)14-12-13(22)6-7-15(14)27-3)21-23-18-16(28-4)8-9-17(29-5)19(18)30-21;/h6-9,12H,10-11H2,1-5H3;1H. The van der Waals surface area contributed by atoms with Gasteiger partial charge < -0.3 is 19.1 Å². The predicted octanol–water partition coefficient (Wildman–Crippen LogP) is 4.61. The summed E-state index contributed by atoms with van der Waals surface area (Å²) in [6.07, 6.45) is 0. The summed E-state index contributed by atoms with van der Waals surface area (Å²) in [7, 11) is 8.62. The highest BCUT2D eigenvalue weighted by Gasteiger charge is 2.26. The van der Waals surface area contributed by atoms with E-state index in [4.69, 9.17) is 30.8 Å². The van der Waals surface area contributed by atoms with Gasteiger partial charge in [0.05, 0.1) is 26.9 Å². The smallest absolute Gasteiger partial charge is 0.263 e. The first-order valence-electron chi connectivity index (χ1n) is 9.21. The Balaban J connectivity index is 0.00000341. The van der Waals surface area contributed by atoms with E-state index in [1.54, 1.807) is 43.4 Å². The van der Waals surface area contributed by atoms with E-state index in [2.05, 4.69) is 0 Å². The molecule has 3 rings (SSSR count). The van der Waals surface area contributed by atoms with Crippen molar-refractivity contribution in [2.75, 3.05) is 53.4 Å². The van der Waals surface area contributed by atoms with Crippen LogP contribution in [0.25, 0.3) is 10.2 Å². The third kappa shape index (κ3) is 5.33. The Labute approximate surface area is 196 Å². The Bertz CT molecular complexity index is 1020. The van der Waals surface area contributed by atoms with Gasteiger partial charge >= 0.3 is 0 Å². The van der Waals surface area contributed by atoms with Gasteiger partial charge in [0.25, 0.3) is 5.91 Å². The maximum absolute atomic E-state index is 13.5. The van der Waals surface area contributed by atoms with Crippen LogP contribution in [-0.4, -0.2) is 64.3 Å².